The Morgan fingerprint density at radius 1 is 1.36 bits per heavy atom. The number of nitrogens with one attached hydrogen (secondary N) is 1. The molecular weight excluding hydrogens is 300 g/mol. The average molecular weight is 324 g/mol. The van der Waals surface area contributed by atoms with Crippen LogP contribution in [0.15, 0.2) is 17.5 Å². The molecule has 1 saturated heterocycles. The standard InChI is InChI=1S/C16H24N2O3S/c1-16(2,3)21-15(20)18-8-6-12(7-9-18)14(19)17-11-13-5-4-10-22-13/h4-5,10,12H,6-9,11H2,1-3H3,(H,17,19). The largest absolute Gasteiger partial charge is 0.444 e. The highest BCUT2D eigenvalue weighted by molar-refractivity contribution is 7.09. The van der Waals surface area contributed by atoms with Gasteiger partial charge in [-0.1, -0.05) is 6.07 Å². The van der Waals surface area contributed by atoms with Gasteiger partial charge >= 0.3 is 6.09 Å². The van der Waals surface area contributed by atoms with Crippen molar-refractivity contribution in [3.63, 3.8) is 0 Å². The number of likely N-dealkylation sites (tertiary alicyclic amines) is 1. The maximum absolute atomic E-state index is 12.2. The molecule has 0 aliphatic carbocycles. The third-order valence-corrected chi connectivity index (χ3v) is 4.41. The fraction of sp³-hybridized carbons (Fsp3) is 0.625. The molecule has 1 aromatic rings. The second-order valence-corrected chi connectivity index (χ2v) is 7.57. The fourth-order valence-electron chi connectivity index (χ4n) is 2.38. The van der Waals surface area contributed by atoms with E-state index in [0.717, 1.165) is 4.88 Å². The summed E-state index contributed by atoms with van der Waals surface area (Å²) in [5, 5.41) is 4.97. The molecule has 1 aliphatic rings. The van der Waals surface area contributed by atoms with Gasteiger partial charge in [-0.25, -0.2) is 4.79 Å². The fourth-order valence-corrected chi connectivity index (χ4v) is 3.03. The molecule has 0 bridgehead atoms. The summed E-state index contributed by atoms with van der Waals surface area (Å²) in [5.74, 6) is 0.0656. The lowest BCUT2D eigenvalue weighted by Crippen LogP contribution is -2.44. The molecule has 0 aromatic carbocycles. The van der Waals surface area contributed by atoms with Crippen molar-refractivity contribution in [2.75, 3.05) is 13.1 Å². The summed E-state index contributed by atoms with van der Waals surface area (Å²) in [4.78, 5) is 27.0. The van der Waals surface area contributed by atoms with Crippen LogP contribution in [-0.4, -0.2) is 35.6 Å². The lowest BCUT2D eigenvalue weighted by atomic mass is 9.96. The molecule has 1 aliphatic heterocycles. The Balaban J connectivity index is 1.74. The van der Waals surface area contributed by atoms with Crippen molar-refractivity contribution in [1.82, 2.24) is 10.2 Å². The van der Waals surface area contributed by atoms with Crippen molar-refractivity contribution < 1.29 is 14.3 Å². The monoisotopic (exact) mass is 324 g/mol. The van der Waals surface area contributed by atoms with Gasteiger partial charge in [0.1, 0.15) is 5.60 Å². The Labute approximate surface area is 135 Å². The topological polar surface area (TPSA) is 58.6 Å². The Morgan fingerprint density at radius 3 is 2.59 bits per heavy atom. The predicted molar refractivity (Wildman–Crippen MR) is 86.7 cm³/mol. The summed E-state index contributed by atoms with van der Waals surface area (Å²) in [6.45, 7) is 7.31. The van der Waals surface area contributed by atoms with Crippen LogP contribution in [0.1, 0.15) is 38.5 Å². The first-order valence-electron chi connectivity index (χ1n) is 7.63. The molecule has 0 atom stereocenters. The number of hydrogen-bond acceptors (Lipinski definition) is 4. The maximum atomic E-state index is 12.2. The van der Waals surface area contributed by atoms with E-state index in [4.69, 9.17) is 4.74 Å². The SMILES string of the molecule is CC(C)(C)OC(=O)N1CCC(C(=O)NCc2cccs2)CC1. The zero-order valence-electron chi connectivity index (χ0n) is 13.4. The molecule has 1 N–H and O–H groups in total. The minimum atomic E-state index is -0.480. The molecule has 122 valence electrons. The molecular formula is C16H24N2O3S. The summed E-state index contributed by atoms with van der Waals surface area (Å²) in [6, 6.07) is 3.99. The van der Waals surface area contributed by atoms with E-state index in [1.807, 2.05) is 38.3 Å². The van der Waals surface area contributed by atoms with E-state index in [9.17, 15) is 9.59 Å². The molecule has 1 fully saturated rings. The van der Waals surface area contributed by atoms with Gasteiger partial charge in [-0.15, -0.1) is 11.3 Å². The van der Waals surface area contributed by atoms with Crippen molar-refractivity contribution in [2.45, 2.75) is 45.8 Å². The van der Waals surface area contributed by atoms with E-state index in [1.54, 1.807) is 16.2 Å². The van der Waals surface area contributed by atoms with Crippen LogP contribution in [0.2, 0.25) is 0 Å². The van der Waals surface area contributed by atoms with E-state index in [1.165, 1.54) is 0 Å². The first kappa shape index (κ1) is 16.8. The quantitative estimate of drug-likeness (QED) is 0.930. The smallest absolute Gasteiger partial charge is 0.410 e. The number of amides is 2. The van der Waals surface area contributed by atoms with Gasteiger partial charge in [-0.2, -0.15) is 0 Å². The number of thiophene rings is 1. The number of rotatable bonds is 3. The van der Waals surface area contributed by atoms with Crippen LogP contribution in [0.5, 0.6) is 0 Å². The van der Waals surface area contributed by atoms with Crippen molar-refractivity contribution in [1.29, 1.82) is 0 Å². The molecule has 0 unspecified atom stereocenters. The molecule has 0 radical (unpaired) electrons. The predicted octanol–water partition coefficient (Wildman–Crippen LogP) is 3.01. The summed E-state index contributed by atoms with van der Waals surface area (Å²) in [7, 11) is 0. The first-order chi connectivity index (χ1) is 10.3. The maximum Gasteiger partial charge on any atom is 0.410 e. The Kier molecular flexibility index (Phi) is 5.45. The van der Waals surface area contributed by atoms with E-state index in [0.29, 0.717) is 32.5 Å². The molecule has 2 amide bonds. The van der Waals surface area contributed by atoms with Crippen molar-refractivity contribution in [2.24, 2.45) is 5.92 Å². The lowest BCUT2D eigenvalue weighted by molar-refractivity contribution is -0.126. The van der Waals surface area contributed by atoms with Gasteiger partial charge < -0.3 is 15.0 Å². The lowest BCUT2D eigenvalue weighted by Gasteiger charge is -2.32. The van der Waals surface area contributed by atoms with Gasteiger partial charge in [0.05, 0.1) is 6.54 Å². The molecule has 2 heterocycles. The zero-order valence-corrected chi connectivity index (χ0v) is 14.2. The van der Waals surface area contributed by atoms with Crippen LogP contribution in [0, 0.1) is 5.92 Å². The zero-order chi connectivity index (χ0) is 16.2. The molecule has 2 rings (SSSR count). The number of hydrogen-bond donors (Lipinski definition) is 1. The molecule has 6 heteroatoms. The minimum absolute atomic E-state index is 0.0151. The van der Waals surface area contributed by atoms with Gasteiger partial charge in [-0.3, -0.25) is 4.79 Å². The number of carbonyl (C=O) groups is 2. The summed E-state index contributed by atoms with van der Waals surface area (Å²) in [6.07, 6.45) is 1.09. The van der Waals surface area contributed by atoms with Crippen LogP contribution >= 0.6 is 11.3 Å². The number of nitrogens with zero attached hydrogens (tertiary/aromatic N) is 1. The Hall–Kier alpha value is -1.56. The van der Waals surface area contributed by atoms with Crippen LogP contribution in [0.3, 0.4) is 0 Å². The molecule has 0 spiro atoms. The van der Waals surface area contributed by atoms with Gasteiger partial charge in [0, 0.05) is 23.9 Å². The highest BCUT2D eigenvalue weighted by Gasteiger charge is 2.29. The third-order valence-electron chi connectivity index (χ3n) is 3.53. The highest BCUT2D eigenvalue weighted by Crippen LogP contribution is 2.20. The average Bonchev–Trinajstić information content (AvgIpc) is 2.96. The van der Waals surface area contributed by atoms with Crippen LogP contribution in [-0.2, 0) is 16.1 Å². The van der Waals surface area contributed by atoms with Gasteiger partial charge in [0.2, 0.25) is 5.91 Å². The van der Waals surface area contributed by atoms with E-state index in [-0.39, 0.29) is 17.9 Å². The van der Waals surface area contributed by atoms with Crippen LogP contribution in [0.25, 0.3) is 0 Å². The molecule has 22 heavy (non-hydrogen) atoms. The summed E-state index contributed by atoms with van der Waals surface area (Å²) >= 11 is 1.64. The Morgan fingerprint density at radius 2 is 2.05 bits per heavy atom. The van der Waals surface area contributed by atoms with Crippen molar-refractivity contribution in [3.05, 3.63) is 22.4 Å². The minimum Gasteiger partial charge on any atom is -0.444 e. The molecule has 1 aromatic heterocycles. The van der Waals surface area contributed by atoms with Gasteiger partial charge in [0.15, 0.2) is 0 Å². The number of piperidine rings is 1. The summed E-state index contributed by atoms with van der Waals surface area (Å²) in [5.41, 5.74) is -0.480. The second kappa shape index (κ2) is 7.13. The van der Waals surface area contributed by atoms with Gasteiger partial charge in [0.25, 0.3) is 0 Å². The van der Waals surface area contributed by atoms with E-state index >= 15 is 0 Å². The number of carbonyl (C=O) groups excluding carboxylic acids is 2. The normalized spacial score (nSPS) is 16.4. The highest BCUT2D eigenvalue weighted by atomic mass is 32.1. The van der Waals surface area contributed by atoms with Crippen molar-refractivity contribution in [3.8, 4) is 0 Å². The molecule has 0 saturated carbocycles. The van der Waals surface area contributed by atoms with Crippen LogP contribution in [0.4, 0.5) is 4.79 Å². The number of ether oxygens (including phenoxy) is 1. The van der Waals surface area contributed by atoms with Crippen molar-refractivity contribution >= 4 is 23.3 Å². The third kappa shape index (κ3) is 5.02. The summed E-state index contributed by atoms with van der Waals surface area (Å²) < 4.78 is 5.36. The first-order valence-corrected chi connectivity index (χ1v) is 8.51. The van der Waals surface area contributed by atoms with E-state index < -0.39 is 5.60 Å². The molecule has 5 nitrogen and oxygen atoms in total. The Bertz CT molecular complexity index is 500. The second-order valence-electron chi connectivity index (χ2n) is 6.54. The van der Waals surface area contributed by atoms with Gasteiger partial charge in [-0.05, 0) is 45.1 Å². The van der Waals surface area contributed by atoms with E-state index in [2.05, 4.69) is 5.32 Å². The van der Waals surface area contributed by atoms with Crippen LogP contribution < -0.4 is 5.32 Å².